The van der Waals surface area contributed by atoms with Gasteiger partial charge in [-0.25, -0.2) is 0 Å². The van der Waals surface area contributed by atoms with E-state index in [9.17, 15) is 9.59 Å². The van der Waals surface area contributed by atoms with Crippen LogP contribution in [0.2, 0.25) is 10.0 Å². The van der Waals surface area contributed by atoms with Crippen molar-refractivity contribution >= 4 is 40.6 Å². The van der Waals surface area contributed by atoms with Gasteiger partial charge in [0.2, 0.25) is 0 Å². The van der Waals surface area contributed by atoms with E-state index in [1.54, 1.807) is 42.5 Å². The van der Waals surface area contributed by atoms with Crippen LogP contribution in [0.25, 0.3) is 0 Å². The number of rotatable bonds is 2. The molecule has 0 radical (unpaired) electrons. The molecule has 0 aromatic heterocycles. The summed E-state index contributed by atoms with van der Waals surface area (Å²) in [6.45, 7) is 0.223. The van der Waals surface area contributed by atoms with E-state index in [1.807, 2.05) is 0 Å². The molecule has 100 valence electrons. The second-order valence-electron chi connectivity index (χ2n) is 4.45. The number of hydrogen-bond donors (Lipinski definition) is 0. The van der Waals surface area contributed by atoms with E-state index >= 15 is 0 Å². The van der Waals surface area contributed by atoms with Gasteiger partial charge < -0.3 is 4.90 Å². The fourth-order valence-corrected chi connectivity index (χ4v) is 2.63. The third kappa shape index (κ3) is 1.99. The molecule has 2 aromatic carbocycles. The van der Waals surface area contributed by atoms with Crippen molar-refractivity contribution < 1.29 is 9.59 Å². The summed E-state index contributed by atoms with van der Waals surface area (Å²) in [5.41, 5.74) is 1.74. The number of carbonyl (C=O) groups excluding carboxylic acids is 2. The summed E-state index contributed by atoms with van der Waals surface area (Å²) in [4.78, 5) is 25.4. The Hall–Kier alpha value is -1.84. The molecule has 0 N–H and O–H groups in total. The number of hydrogen-bond acceptors (Lipinski definition) is 2. The van der Waals surface area contributed by atoms with Crippen LogP contribution in [0.5, 0.6) is 0 Å². The van der Waals surface area contributed by atoms with Crippen LogP contribution in [0, 0.1) is 0 Å². The molecule has 0 spiro atoms. The van der Waals surface area contributed by atoms with Crippen molar-refractivity contribution in [3.63, 3.8) is 0 Å². The van der Waals surface area contributed by atoms with Crippen LogP contribution in [0.15, 0.2) is 42.5 Å². The molecular weight excluding hydrogens is 297 g/mol. The highest BCUT2D eigenvalue weighted by Crippen LogP contribution is 2.32. The van der Waals surface area contributed by atoms with E-state index in [0.29, 0.717) is 26.9 Å². The molecule has 3 rings (SSSR count). The summed E-state index contributed by atoms with van der Waals surface area (Å²) >= 11 is 12.1. The van der Waals surface area contributed by atoms with E-state index in [-0.39, 0.29) is 6.54 Å². The molecule has 0 bridgehead atoms. The van der Waals surface area contributed by atoms with Crippen LogP contribution < -0.4 is 4.90 Å². The van der Waals surface area contributed by atoms with E-state index < -0.39 is 11.7 Å². The number of para-hydroxylation sites is 1. The number of carbonyl (C=O) groups is 2. The molecule has 1 aliphatic rings. The van der Waals surface area contributed by atoms with Gasteiger partial charge in [0.15, 0.2) is 0 Å². The Morgan fingerprint density at radius 1 is 0.950 bits per heavy atom. The molecule has 0 fully saturated rings. The summed E-state index contributed by atoms with van der Waals surface area (Å²) in [5.74, 6) is -1.03. The fraction of sp³-hybridized carbons (Fsp3) is 0.0667. The normalized spacial score (nSPS) is 13.8. The van der Waals surface area contributed by atoms with Crippen molar-refractivity contribution in [1.82, 2.24) is 0 Å². The van der Waals surface area contributed by atoms with Crippen molar-refractivity contribution in [2.24, 2.45) is 0 Å². The molecule has 0 atom stereocenters. The first-order valence-electron chi connectivity index (χ1n) is 5.97. The summed E-state index contributed by atoms with van der Waals surface area (Å²) in [7, 11) is 0. The SMILES string of the molecule is O=C1C(=O)N(Cc2cccc(Cl)c2Cl)c2ccccc21. The molecule has 5 heteroatoms. The Kier molecular flexibility index (Phi) is 3.24. The van der Waals surface area contributed by atoms with Gasteiger partial charge in [-0.05, 0) is 23.8 Å². The molecule has 0 saturated heterocycles. The second-order valence-corrected chi connectivity index (χ2v) is 5.24. The molecule has 0 unspecified atom stereocenters. The largest absolute Gasteiger partial charge is 0.300 e. The molecule has 1 amide bonds. The Morgan fingerprint density at radius 2 is 1.70 bits per heavy atom. The quantitative estimate of drug-likeness (QED) is 0.793. The minimum Gasteiger partial charge on any atom is -0.300 e. The Morgan fingerprint density at radius 3 is 2.50 bits per heavy atom. The van der Waals surface area contributed by atoms with Gasteiger partial charge in [0.1, 0.15) is 0 Å². The van der Waals surface area contributed by atoms with E-state index in [4.69, 9.17) is 23.2 Å². The van der Waals surface area contributed by atoms with Gasteiger partial charge in [-0.3, -0.25) is 9.59 Å². The number of Topliss-reactive ketones (excluding diaryl/α,β-unsaturated/α-hetero) is 1. The molecule has 2 aromatic rings. The molecule has 1 aliphatic heterocycles. The van der Waals surface area contributed by atoms with Gasteiger partial charge in [-0.15, -0.1) is 0 Å². The van der Waals surface area contributed by atoms with Crippen molar-refractivity contribution in [3.05, 3.63) is 63.6 Å². The van der Waals surface area contributed by atoms with E-state index in [0.717, 1.165) is 0 Å². The highest BCUT2D eigenvalue weighted by Gasteiger charge is 2.35. The van der Waals surface area contributed by atoms with Crippen LogP contribution in [-0.4, -0.2) is 11.7 Å². The lowest BCUT2D eigenvalue weighted by Crippen LogP contribution is -2.29. The lowest BCUT2D eigenvalue weighted by molar-refractivity contribution is -0.114. The summed E-state index contributed by atoms with van der Waals surface area (Å²) in [5, 5.41) is 0.828. The van der Waals surface area contributed by atoms with Crippen LogP contribution in [0.1, 0.15) is 15.9 Å². The first kappa shape index (κ1) is 13.2. The van der Waals surface area contributed by atoms with Crippen molar-refractivity contribution in [2.75, 3.05) is 4.90 Å². The van der Waals surface area contributed by atoms with Gasteiger partial charge in [-0.1, -0.05) is 47.5 Å². The Labute approximate surface area is 125 Å². The van der Waals surface area contributed by atoms with Gasteiger partial charge in [-0.2, -0.15) is 0 Å². The van der Waals surface area contributed by atoms with Gasteiger partial charge in [0.25, 0.3) is 11.7 Å². The summed E-state index contributed by atoms with van der Waals surface area (Å²) in [6, 6.07) is 12.1. The lowest BCUT2D eigenvalue weighted by atomic mass is 10.1. The first-order chi connectivity index (χ1) is 9.59. The Bertz CT molecular complexity index is 728. The number of anilines is 1. The molecule has 1 heterocycles. The van der Waals surface area contributed by atoms with E-state index in [1.165, 1.54) is 4.90 Å². The van der Waals surface area contributed by atoms with Gasteiger partial charge in [0, 0.05) is 0 Å². The van der Waals surface area contributed by atoms with Crippen molar-refractivity contribution in [3.8, 4) is 0 Å². The van der Waals surface area contributed by atoms with Crippen LogP contribution in [-0.2, 0) is 11.3 Å². The number of halogens is 2. The fourth-order valence-electron chi connectivity index (χ4n) is 2.25. The third-order valence-electron chi connectivity index (χ3n) is 3.24. The maximum Gasteiger partial charge on any atom is 0.299 e. The molecular formula is C15H9Cl2NO2. The average Bonchev–Trinajstić information content (AvgIpc) is 2.69. The number of benzene rings is 2. The number of amides is 1. The predicted molar refractivity (Wildman–Crippen MR) is 78.4 cm³/mol. The number of nitrogens with zero attached hydrogens (tertiary/aromatic N) is 1. The summed E-state index contributed by atoms with van der Waals surface area (Å²) < 4.78 is 0. The highest BCUT2D eigenvalue weighted by molar-refractivity contribution is 6.52. The molecule has 0 saturated carbocycles. The molecule has 0 aliphatic carbocycles. The van der Waals surface area contributed by atoms with Crippen LogP contribution in [0.4, 0.5) is 5.69 Å². The zero-order chi connectivity index (χ0) is 14.3. The smallest absolute Gasteiger partial charge is 0.299 e. The average molecular weight is 306 g/mol. The zero-order valence-electron chi connectivity index (χ0n) is 10.3. The van der Waals surface area contributed by atoms with E-state index in [2.05, 4.69) is 0 Å². The molecule has 3 nitrogen and oxygen atoms in total. The number of ketones is 1. The van der Waals surface area contributed by atoms with Crippen LogP contribution in [0.3, 0.4) is 0 Å². The maximum atomic E-state index is 12.1. The Balaban J connectivity index is 2.01. The molecule has 20 heavy (non-hydrogen) atoms. The topological polar surface area (TPSA) is 37.4 Å². The van der Waals surface area contributed by atoms with Crippen molar-refractivity contribution in [2.45, 2.75) is 6.54 Å². The zero-order valence-corrected chi connectivity index (χ0v) is 11.8. The minimum atomic E-state index is -0.540. The highest BCUT2D eigenvalue weighted by atomic mass is 35.5. The predicted octanol–water partition coefficient (Wildman–Crippen LogP) is 3.72. The third-order valence-corrected chi connectivity index (χ3v) is 4.10. The first-order valence-corrected chi connectivity index (χ1v) is 6.73. The summed E-state index contributed by atoms with van der Waals surface area (Å²) in [6.07, 6.45) is 0. The van der Waals surface area contributed by atoms with Crippen LogP contribution >= 0.6 is 23.2 Å². The second kappa shape index (κ2) is 4.93. The standard InChI is InChI=1S/C15H9Cl2NO2/c16-11-6-3-4-9(13(11)17)8-18-12-7-2-1-5-10(12)14(19)15(18)20/h1-7H,8H2. The minimum absolute atomic E-state index is 0.223. The lowest BCUT2D eigenvalue weighted by Gasteiger charge is -2.17. The van der Waals surface area contributed by atoms with Crippen molar-refractivity contribution in [1.29, 1.82) is 0 Å². The van der Waals surface area contributed by atoms with Gasteiger partial charge in [0.05, 0.1) is 27.8 Å². The maximum absolute atomic E-state index is 12.1. The number of fused-ring (bicyclic) bond motifs is 1. The van der Waals surface area contributed by atoms with Gasteiger partial charge >= 0.3 is 0 Å². The monoisotopic (exact) mass is 305 g/mol.